The van der Waals surface area contributed by atoms with E-state index in [2.05, 4.69) is 16.0 Å². The maximum absolute atomic E-state index is 13.0. The molecule has 0 radical (unpaired) electrons. The lowest BCUT2D eigenvalue weighted by Gasteiger charge is -2.29. The third kappa shape index (κ3) is 4.93. The highest BCUT2D eigenvalue weighted by Crippen LogP contribution is 2.35. The van der Waals surface area contributed by atoms with E-state index in [0.29, 0.717) is 16.7 Å². The minimum absolute atomic E-state index is 0.0280. The maximum Gasteiger partial charge on any atom is 0.395 e. The minimum Gasteiger partial charge on any atom is -0.334 e. The van der Waals surface area contributed by atoms with Gasteiger partial charge in [0.2, 0.25) is 11.8 Å². The van der Waals surface area contributed by atoms with Crippen molar-refractivity contribution in [3.05, 3.63) is 57.8 Å². The van der Waals surface area contributed by atoms with E-state index in [1.54, 1.807) is 18.2 Å². The quantitative estimate of drug-likeness (QED) is 0.557. The van der Waals surface area contributed by atoms with Gasteiger partial charge in [0.05, 0.1) is 16.6 Å². The molecular weight excluding hydrogens is 477 g/mol. The number of nitrogens with zero attached hydrogens (tertiary/aromatic N) is 1. The largest absolute Gasteiger partial charge is 0.395 e. The highest BCUT2D eigenvalue weighted by Gasteiger charge is 2.40. The van der Waals surface area contributed by atoms with Crippen LogP contribution in [0.5, 0.6) is 0 Å². The predicted octanol–water partition coefficient (Wildman–Crippen LogP) is 2.84. The third-order valence-electron chi connectivity index (χ3n) is 5.89. The first kappa shape index (κ1) is 23.8. The summed E-state index contributed by atoms with van der Waals surface area (Å²) < 4.78 is 38.9. The smallest absolute Gasteiger partial charge is 0.334 e. The molecule has 0 aromatic heterocycles. The molecule has 180 valence electrons. The van der Waals surface area contributed by atoms with Gasteiger partial charge >= 0.3 is 12.2 Å². The number of fused-ring (bicyclic) bond motifs is 1. The number of carbonyl (C=O) groups excluding carboxylic acids is 4. The Balaban J connectivity index is 1.37. The Bertz CT molecular complexity index is 1130. The van der Waals surface area contributed by atoms with Crippen LogP contribution in [-0.2, 0) is 22.7 Å². The molecule has 34 heavy (non-hydrogen) atoms. The summed E-state index contributed by atoms with van der Waals surface area (Å²) in [5, 5.41) is 7.15. The highest BCUT2D eigenvalue weighted by molar-refractivity contribution is 6.32. The lowest BCUT2D eigenvalue weighted by Crippen LogP contribution is -2.52. The van der Waals surface area contributed by atoms with Crippen LogP contribution in [0.25, 0.3) is 0 Å². The standard InChI is InChI=1S/C22H20ClF3N4O4/c23-15-4-2-13(22(24,25)26)8-16(15)28-21(34)27-9-11-1-3-14-12(7-11)10-30(20(14)33)17-5-6-18(31)29-19(17)32/h1,3-4,7-8,13,17H,2,5-6,9-10H2,(H2,27,28,34)(H,29,31,32). The summed E-state index contributed by atoms with van der Waals surface area (Å²) in [6.45, 7) is 0.232. The summed E-state index contributed by atoms with van der Waals surface area (Å²) in [6, 6.07) is 3.48. The van der Waals surface area contributed by atoms with Crippen molar-refractivity contribution in [3.8, 4) is 0 Å². The second-order valence-electron chi connectivity index (χ2n) is 8.22. The van der Waals surface area contributed by atoms with E-state index >= 15 is 0 Å². The molecule has 2 aliphatic heterocycles. The zero-order valence-electron chi connectivity index (χ0n) is 17.7. The molecule has 3 N–H and O–H groups in total. The molecule has 0 saturated carbocycles. The molecular formula is C22H20ClF3N4O4. The van der Waals surface area contributed by atoms with Gasteiger partial charge in [0, 0.05) is 25.1 Å². The number of nitrogens with one attached hydrogen (secondary N) is 3. The number of halogens is 4. The van der Waals surface area contributed by atoms with Crippen molar-refractivity contribution < 1.29 is 32.3 Å². The van der Waals surface area contributed by atoms with Gasteiger partial charge in [-0.05, 0) is 36.1 Å². The van der Waals surface area contributed by atoms with Gasteiger partial charge in [0.25, 0.3) is 5.91 Å². The van der Waals surface area contributed by atoms with E-state index in [1.807, 2.05) is 0 Å². The summed E-state index contributed by atoms with van der Waals surface area (Å²) in [5.74, 6) is -2.92. The van der Waals surface area contributed by atoms with Crippen molar-refractivity contribution in [2.75, 3.05) is 0 Å². The van der Waals surface area contributed by atoms with Crippen molar-refractivity contribution in [1.82, 2.24) is 20.9 Å². The molecule has 8 nitrogen and oxygen atoms in total. The van der Waals surface area contributed by atoms with Crippen LogP contribution >= 0.6 is 11.6 Å². The van der Waals surface area contributed by atoms with Crippen LogP contribution in [0.15, 0.2) is 41.1 Å². The van der Waals surface area contributed by atoms with Crippen LogP contribution in [0.4, 0.5) is 18.0 Å². The predicted molar refractivity (Wildman–Crippen MR) is 114 cm³/mol. The third-order valence-corrected chi connectivity index (χ3v) is 6.24. The Kier molecular flexibility index (Phi) is 6.39. The lowest BCUT2D eigenvalue weighted by molar-refractivity contribution is -0.160. The molecule has 1 fully saturated rings. The number of benzene rings is 1. The van der Waals surface area contributed by atoms with E-state index in [1.165, 1.54) is 11.0 Å². The fourth-order valence-electron chi connectivity index (χ4n) is 4.11. The van der Waals surface area contributed by atoms with Gasteiger partial charge in [-0.2, -0.15) is 13.2 Å². The average Bonchev–Trinajstić information content (AvgIpc) is 3.08. The monoisotopic (exact) mass is 496 g/mol. The van der Waals surface area contributed by atoms with E-state index in [4.69, 9.17) is 11.6 Å². The first-order valence-electron chi connectivity index (χ1n) is 10.5. The zero-order chi connectivity index (χ0) is 24.6. The molecule has 1 aromatic carbocycles. The molecule has 1 saturated heterocycles. The Morgan fingerprint density at radius 2 is 2.00 bits per heavy atom. The maximum atomic E-state index is 13.0. The van der Waals surface area contributed by atoms with Crippen LogP contribution in [0.1, 0.15) is 40.7 Å². The second kappa shape index (κ2) is 9.13. The molecule has 1 aliphatic carbocycles. The number of urea groups is 1. The number of hydrogen-bond donors (Lipinski definition) is 3. The van der Waals surface area contributed by atoms with Gasteiger partial charge in [-0.1, -0.05) is 29.8 Å². The molecule has 12 heteroatoms. The molecule has 3 aliphatic rings. The van der Waals surface area contributed by atoms with E-state index in [0.717, 1.165) is 6.08 Å². The molecule has 0 bridgehead atoms. The molecule has 2 atom stereocenters. The zero-order valence-corrected chi connectivity index (χ0v) is 18.4. The molecule has 2 heterocycles. The average molecular weight is 497 g/mol. The first-order valence-corrected chi connectivity index (χ1v) is 10.9. The number of piperidine rings is 1. The molecule has 2 unspecified atom stereocenters. The van der Waals surface area contributed by atoms with Crippen molar-refractivity contribution in [2.45, 2.75) is 44.6 Å². The molecule has 0 spiro atoms. The topological polar surface area (TPSA) is 108 Å². The molecule has 1 aromatic rings. The SMILES string of the molecule is O=C1CCC(N2Cc3cc(CNC(=O)NC4=CC(C(F)(F)F)CC=C4Cl)ccc3C2=O)C(=O)N1. The van der Waals surface area contributed by atoms with Crippen LogP contribution in [0, 0.1) is 5.92 Å². The number of allylic oxidation sites excluding steroid dienone is 3. The lowest BCUT2D eigenvalue weighted by atomic mass is 9.98. The number of imide groups is 1. The Morgan fingerprint density at radius 3 is 2.71 bits per heavy atom. The highest BCUT2D eigenvalue weighted by atomic mass is 35.5. The van der Waals surface area contributed by atoms with Crippen LogP contribution < -0.4 is 16.0 Å². The van der Waals surface area contributed by atoms with Gasteiger partial charge in [-0.15, -0.1) is 0 Å². The number of amides is 5. The van der Waals surface area contributed by atoms with Crippen molar-refractivity contribution in [2.24, 2.45) is 5.92 Å². The van der Waals surface area contributed by atoms with Gasteiger partial charge in [-0.25, -0.2) is 4.79 Å². The van der Waals surface area contributed by atoms with Gasteiger partial charge in [0.15, 0.2) is 0 Å². The molecule has 5 amide bonds. The number of alkyl halides is 3. The summed E-state index contributed by atoms with van der Waals surface area (Å²) in [4.78, 5) is 49.9. The normalized spacial score (nSPS) is 22.6. The Labute approximate surface area is 197 Å². The van der Waals surface area contributed by atoms with Gasteiger partial charge in [-0.3, -0.25) is 19.7 Å². The summed E-state index contributed by atoms with van der Waals surface area (Å²) >= 11 is 5.93. The van der Waals surface area contributed by atoms with E-state index < -0.39 is 30.1 Å². The fraction of sp³-hybridized carbons (Fsp3) is 0.364. The van der Waals surface area contributed by atoms with E-state index in [9.17, 15) is 32.3 Å². The summed E-state index contributed by atoms with van der Waals surface area (Å²) in [6.07, 6.45) is -2.24. The summed E-state index contributed by atoms with van der Waals surface area (Å²) in [7, 11) is 0. The van der Waals surface area contributed by atoms with Crippen LogP contribution in [0.3, 0.4) is 0 Å². The van der Waals surface area contributed by atoms with Gasteiger partial charge < -0.3 is 15.5 Å². The Hall–Kier alpha value is -3.34. The van der Waals surface area contributed by atoms with Crippen LogP contribution in [0.2, 0.25) is 0 Å². The molecule has 4 rings (SSSR count). The van der Waals surface area contributed by atoms with Gasteiger partial charge in [0.1, 0.15) is 6.04 Å². The number of carbonyl (C=O) groups is 4. The number of rotatable bonds is 4. The fourth-order valence-corrected chi connectivity index (χ4v) is 4.30. The van der Waals surface area contributed by atoms with E-state index in [-0.39, 0.29) is 54.9 Å². The van der Waals surface area contributed by atoms with Crippen molar-refractivity contribution in [3.63, 3.8) is 0 Å². The number of hydrogen-bond acceptors (Lipinski definition) is 4. The van der Waals surface area contributed by atoms with Crippen molar-refractivity contribution >= 4 is 35.4 Å². The Morgan fingerprint density at radius 1 is 1.24 bits per heavy atom. The second-order valence-corrected chi connectivity index (χ2v) is 8.62. The minimum atomic E-state index is -4.44. The first-order chi connectivity index (χ1) is 16.0. The van der Waals surface area contributed by atoms with Crippen molar-refractivity contribution in [1.29, 1.82) is 0 Å². The van der Waals surface area contributed by atoms with Crippen LogP contribution in [-0.4, -0.2) is 40.9 Å². The summed E-state index contributed by atoms with van der Waals surface area (Å²) in [5.41, 5.74) is 1.63.